The average Bonchev–Trinajstić information content (AvgIpc) is 2.60. The second-order valence-corrected chi connectivity index (χ2v) is 8.76. The number of aryl methyl sites for hydroxylation is 2. The number of nitrogens with zero attached hydrogens (tertiary/aromatic N) is 1. The molecule has 0 aliphatic rings. The number of hydrogen-bond acceptors (Lipinski definition) is 4. The monoisotopic (exact) mass is 404 g/mol. The lowest BCUT2D eigenvalue weighted by atomic mass is 10.1. The number of nitrogens with one attached hydrogen (secondary N) is 1. The van der Waals surface area contributed by atoms with Gasteiger partial charge < -0.3 is 10.1 Å². The number of carbonyl (C=O) groups excluding carboxylic acids is 1. The van der Waals surface area contributed by atoms with Crippen molar-refractivity contribution in [2.45, 2.75) is 33.7 Å². The Bertz CT molecular complexity index is 924. The lowest BCUT2D eigenvalue weighted by molar-refractivity contribution is -0.120. The van der Waals surface area contributed by atoms with Crippen LogP contribution in [0, 0.1) is 13.8 Å². The molecule has 0 fully saturated rings. The van der Waals surface area contributed by atoms with Crippen LogP contribution in [0.4, 0.5) is 5.69 Å². The molecule has 1 N–H and O–H groups in total. The van der Waals surface area contributed by atoms with E-state index in [2.05, 4.69) is 5.32 Å². The normalized spacial score (nSPS) is 12.3. The maximum Gasteiger partial charge on any atom is 0.241 e. The molecule has 0 spiro atoms. The molecular weight excluding hydrogens is 376 g/mol. The second-order valence-electron chi connectivity index (χ2n) is 6.85. The van der Waals surface area contributed by atoms with E-state index in [1.54, 1.807) is 6.07 Å². The zero-order chi connectivity index (χ0) is 20.9. The van der Waals surface area contributed by atoms with Crippen molar-refractivity contribution in [3.8, 4) is 5.75 Å². The Balaban J connectivity index is 2.13. The second kappa shape index (κ2) is 9.10. The molecule has 0 radical (unpaired) electrons. The van der Waals surface area contributed by atoms with E-state index in [-0.39, 0.29) is 18.5 Å². The van der Waals surface area contributed by atoms with Gasteiger partial charge in [0.25, 0.3) is 0 Å². The third kappa shape index (κ3) is 5.73. The third-order valence-corrected chi connectivity index (χ3v) is 5.50. The molecule has 0 aliphatic heterocycles. The Morgan fingerprint density at radius 3 is 2.32 bits per heavy atom. The van der Waals surface area contributed by atoms with E-state index in [9.17, 15) is 13.2 Å². The van der Waals surface area contributed by atoms with Crippen LogP contribution in [0.3, 0.4) is 0 Å². The standard InChI is InChI=1S/C21H28N2O4S/c1-6-27-19-10-8-18(9-11-19)17(4)22-21(24)14-23(28(5,25)26)20-12-7-15(2)13-16(20)3/h7-13,17H,6,14H2,1-5H3,(H,22,24). The lowest BCUT2D eigenvalue weighted by Gasteiger charge is -2.25. The average molecular weight is 405 g/mol. The molecule has 0 saturated heterocycles. The summed E-state index contributed by atoms with van der Waals surface area (Å²) in [6, 6.07) is 12.7. The minimum absolute atomic E-state index is 0.260. The van der Waals surface area contributed by atoms with E-state index in [4.69, 9.17) is 4.74 Å². The summed E-state index contributed by atoms with van der Waals surface area (Å²) in [6.45, 7) is 7.86. The fourth-order valence-electron chi connectivity index (χ4n) is 2.99. The smallest absolute Gasteiger partial charge is 0.241 e. The first-order valence-electron chi connectivity index (χ1n) is 9.19. The van der Waals surface area contributed by atoms with Crippen LogP contribution in [-0.2, 0) is 14.8 Å². The van der Waals surface area contributed by atoms with Gasteiger partial charge in [-0.15, -0.1) is 0 Å². The van der Waals surface area contributed by atoms with Crippen LogP contribution in [-0.4, -0.2) is 33.7 Å². The molecule has 1 unspecified atom stereocenters. The van der Waals surface area contributed by atoms with Crippen molar-refractivity contribution in [2.24, 2.45) is 0 Å². The van der Waals surface area contributed by atoms with E-state index in [1.165, 1.54) is 0 Å². The number of sulfonamides is 1. The molecule has 0 aliphatic carbocycles. The number of carbonyl (C=O) groups is 1. The molecule has 2 aromatic carbocycles. The Kier molecular flexibility index (Phi) is 7.07. The Morgan fingerprint density at radius 1 is 1.14 bits per heavy atom. The van der Waals surface area contributed by atoms with Crippen molar-refractivity contribution < 1.29 is 17.9 Å². The quantitative estimate of drug-likeness (QED) is 0.732. The van der Waals surface area contributed by atoms with Crippen LogP contribution in [0.5, 0.6) is 5.75 Å². The van der Waals surface area contributed by atoms with Crippen LogP contribution in [0.2, 0.25) is 0 Å². The van der Waals surface area contributed by atoms with E-state index < -0.39 is 10.0 Å². The molecule has 152 valence electrons. The predicted octanol–water partition coefficient (Wildman–Crippen LogP) is 3.35. The SMILES string of the molecule is CCOc1ccc(C(C)NC(=O)CN(c2ccc(C)cc2C)S(C)(=O)=O)cc1. The topological polar surface area (TPSA) is 75.7 Å². The predicted molar refractivity (Wildman–Crippen MR) is 112 cm³/mol. The zero-order valence-electron chi connectivity index (χ0n) is 17.0. The molecule has 0 bridgehead atoms. The number of rotatable bonds is 8. The first-order chi connectivity index (χ1) is 13.1. The molecule has 0 saturated carbocycles. The summed E-state index contributed by atoms with van der Waals surface area (Å²) in [7, 11) is -3.60. The van der Waals surface area contributed by atoms with Crippen molar-refractivity contribution in [3.05, 3.63) is 59.2 Å². The molecule has 0 aromatic heterocycles. The van der Waals surface area contributed by atoms with Gasteiger partial charge in [0.15, 0.2) is 0 Å². The first kappa shape index (κ1) is 21.8. The van der Waals surface area contributed by atoms with Gasteiger partial charge in [0.2, 0.25) is 15.9 Å². The first-order valence-corrected chi connectivity index (χ1v) is 11.0. The summed E-state index contributed by atoms with van der Waals surface area (Å²) in [6.07, 6.45) is 1.11. The largest absolute Gasteiger partial charge is 0.494 e. The molecule has 6 nitrogen and oxygen atoms in total. The molecule has 2 rings (SSSR count). The van der Waals surface area contributed by atoms with Crippen molar-refractivity contribution >= 4 is 21.6 Å². The fraction of sp³-hybridized carbons (Fsp3) is 0.381. The van der Waals surface area contributed by atoms with Gasteiger partial charge in [0.1, 0.15) is 12.3 Å². The highest BCUT2D eigenvalue weighted by Gasteiger charge is 2.23. The van der Waals surface area contributed by atoms with Crippen molar-refractivity contribution in [1.82, 2.24) is 5.32 Å². The van der Waals surface area contributed by atoms with Crippen LogP contribution in [0.15, 0.2) is 42.5 Å². The number of benzene rings is 2. The van der Waals surface area contributed by atoms with E-state index in [1.807, 2.05) is 64.1 Å². The van der Waals surface area contributed by atoms with E-state index in [0.29, 0.717) is 12.3 Å². The summed E-state index contributed by atoms with van der Waals surface area (Å²) in [5, 5.41) is 2.86. The zero-order valence-corrected chi connectivity index (χ0v) is 17.8. The summed E-state index contributed by atoms with van der Waals surface area (Å²) < 4.78 is 31.1. The highest BCUT2D eigenvalue weighted by Crippen LogP contribution is 2.24. The van der Waals surface area contributed by atoms with Crippen molar-refractivity contribution in [3.63, 3.8) is 0 Å². The third-order valence-electron chi connectivity index (χ3n) is 4.38. The van der Waals surface area contributed by atoms with Crippen molar-refractivity contribution in [1.29, 1.82) is 0 Å². The highest BCUT2D eigenvalue weighted by atomic mass is 32.2. The minimum Gasteiger partial charge on any atom is -0.494 e. The molecule has 28 heavy (non-hydrogen) atoms. The van der Waals surface area contributed by atoms with Gasteiger partial charge in [-0.3, -0.25) is 9.10 Å². The maximum absolute atomic E-state index is 12.6. The maximum atomic E-state index is 12.6. The van der Waals surface area contributed by atoms with Crippen LogP contribution < -0.4 is 14.4 Å². The number of ether oxygens (including phenoxy) is 1. The summed E-state index contributed by atoms with van der Waals surface area (Å²) in [4.78, 5) is 12.6. The van der Waals surface area contributed by atoms with Gasteiger partial charge in [-0.05, 0) is 57.0 Å². The lowest BCUT2D eigenvalue weighted by Crippen LogP contribution is -2.41. The molecule has 1 atom stereocenters. The van der Waals surface area contributed by atoms with Gasteiger partial charge in [0.05, 0.1) is 24.6 Å². The minimum atomic E-state index is -3.60. The Labute approximate surface area is 167 Å². The summed E-state index contributed by atoms with van der Waals surface area (Å²) in [5.74, 6) is 0.398. The summed E-state index contributed by atoms with van der Waals surface area (Å²) in [5.41, 5.74) is 3.26. The van der Waals surface area contributed by atoms with E-state index >= 15 is 0 Å². The van der Waals surface area contributed by atoms with Crippen molar-refractivity contribution in [2.75, 3.05) is 23.7 Å². The number of hydrogen-bond donors (Lipinski definition) is 1. The van der Waals surface area contributed by atoms with Gasteiger partial charge in [-0.1, -0.05) is 29.8 Å². The highest BCUT2D eigenvalue weighted by molar-refractivity contribution is 7.92. The van der Waals surface area contributed by atoms with Gasteiger partial charge in [-0.25, -0.2) is 8.42 Å². The van der Waals surface area contributed by atoms with Gasteiger partial charge in [-0.2, -0.15) is 0 Å². The number of anilines is 1. The molecule has 2 aromatic rings. The van der Waals surface area contributed by atoms with Crippen LogP contribution in [0.1, 0.15) is 36.6 Å². The fourth-order valence-corrected chi connectivity index (χ4v) is 3.90. The van der Waals surface area contributed by atoms with Gasteiger partial charge >= 0.3 is 0 Å². The van der Waals surface area contributed by atoms with Gasteiger partial charge in [0, 0.05) is 0 Å². The Morgan fingerprint density at radius 2 is 1.79 bits per heavy atom. The molecule has 0 heterocycles. The molecule has 7 heteroatoms. The van der Waals surface area contributed by atoms with Crippen LogP contribution in [0.25, 0.3) is 0 Å². The Hall–Kier alpha value is -2.54. The van der Waals surface area contributed by atoms with Crippen LogP contribution >= 0.6 is 0 Å². The summed E-state index contributed by atoms with van der Waals surface area (Å²) >= 11 is 0. The molecule has 1 amide bonds. The van der Waals surface area contributed by atoms with E-state index in [0.717, 1.165) is 33.0 Å². The molecular formula is C21H28N2O4S. The number of amides is 1.